The summed E-state index contributed by atoms with van der Waals surface area (Å²) in [6, 6.07) is 5.59. The lowest BCUT2D eigenvalue weighted by molar-refractivity contribution is 0.0899. The van der Waals surface area contributed by atoms with Gasteiger partial charge < -0.3 is 0 Å². The van der Waals surface area contributed by atoms with Crippen LogP contribution in [0.25, 0.3) is 11.3 Å². The molecular weight excluding hydrogens is 446 g/mol. The average molecular weight is 475 g/mol. The SMILES string of the molecule is CC1CC(CC(=O)c2cncc([C@@]34CC[C@@H](c5cc(-c6c(F)cccc6F)nnc53)C4(C)C)n2)C1. The number of rotatable bonds is 5. The highest BCUT2D eigenvalue weighted by atomic mass is 19.1. The Bertz CT molecular complexity index is 1330. The molecule has 2 bridgehead atoms. The first-order chi connectivity index (χ1) is 16.7. The fourth-order valence-corrected chi connectivity index (χ4v) is 7.07. The van der Waals surface area contributed by atoms with Gasteiger partial charge in [-0.2, -0.15) is 5.10 Å². The third kappa shape index (κ3) is 3.13. The van der Waals surface area contributed by atoms with Gasteiger partial charge in [0.25, 0.3) is 0 Å². The Morgan fingerprint density at radius 3 is 2.57 bits per heavy atom. The van der Waals surface area contributed by atoms with Crippen molar-refractivity contribution in [2.45, 2.75) is 64.2 Å². The summed E-state index contributed by atoms with van der Waals surface area (Å²) >= 11 is 0. The summed E-state index contributed by atoms with van der Waals surface area (Å²) in [5, 5.41) is 8.84. The van der Waals surface area contributed by atoms with Gasteiger partial charge in [0.15, 0.2) is 5.78 Å². The van der Waals surface area contributed by atoms with Crippen LogP contribution in [0.3, 0.4) is 0 Å². The topological polar surface area (TPSA) is 68.6 Å². The van der Waals surface area contributed by atoms with Crippen molar-refractivity contribution >= 4 is 5.78 Å². The first-order valence-electron chi connectivity index (χ1n) is 12.4. The van der Waals surface area contributed by atoms with E-state index in [0.717, 1.165) is 42.6 Å². The van der Waals surface area contributed by atoms with Gasteiger partial charge in [-0.25, -0.2) is 13.8 Å². The molecule has 0 N–H and O–H groups in total. The Morgan fingerprint density at radius 1 is 1.11 bits per heavy atom. The molecule has 0 saturated heterocycles. The van der Waals surface area contributed by atoms with E-state index < -0.39 is 17.0 Å². The van der Waals surface area contributed by atoms with Gasteiger partial charge >= 0.3 is 0 Å². The number of ketones is 1. The van der Waals surface area contributed by atoms with Crippen molar-refractivity contribution in [3.8, 4) is 11.3 Å². The summed E-state index contributed by atoms with van der Waals surface area (Å²) in [7, 11) is 0. The molecule has 2 heterocycles. The molecule has 2 fully saturated rings. The molecule has 6 rings (SSSR count). The second-order valence-electron chi connectivity index (χ2n) is 11.2. The molecule has 1 aromatic carbocycles. The lowest BCUT2D eigenvalue weighted by Gasteiger charge is -2.37. The van der Waals surface area contributed by atoms with Crippen molar-refractivity contribution < 1.29 is 13.6 Å². The van der Waals surface area contributed by atoms with E-state index in [-0.39, 0.29) is 28.4 Å². The molecule has 35 heavy (non-hydrogen) atoms. The summed E-state index contributed by atoms with van der Waals surface area (Å²) < 4.78 is 28.9. The van der Waals surface area contributed by atoms with Gasteiger partial charge in [0.05, 0.1) is 34.3 Å². The molecule has 3 aliphatic rings. The van der Waals surface area contributed by atoms with Crippen LogP contribution in [0.4, 0.5) is 8.78 Å². The maximum absolute atomic E-state index is 14.5. The molecular formula is C28H28F2N4O. The molecule has 0 radical (unpaired) electrons. The van der Waals surface area contributed by atoms with Crippen LogP contribution in [-0.4, -0.2) is 25.9 Å². The van der Waals surface area contributed by atoms with Gasteiger partial charge in [0, 0.05) is 12.6 Å². The molecule has 2 aromatic heterocycles. The zero-order chi connectivity index (χ0) is 24.5. The zero-order valence-electron chi connectivity index (χ0n) is 20.2. The molecule has 7 heteroatoms. The number of hydrogen-bond donors (Lipinski definition) is 0. The Balaban J connectivity index is 1.42. The third-order valence-corrected chi connectivity index (χ3v) is 8.90. The van der Waals surface area contributed by atoms with Crippen molar-refractivity contribution in [1.82, 2.24) is 20.2 Å². The zero-order valence-corrected chi connectivity index (χ0v) is 20.2. The minimum atomic E-state index is -0.658. The number of aromatic nitrogens is 4. The summed E-state index contributed by atoms with van der Waals surface area (Å²) in [4.78, 5) is 22.3. The minimum absolute atomic E-state index is 0.0367. The lowest BCUT2D eigenvalue weighted by atomic mass is 9.66. The van der Waals surface area contributed by atoms with E-state index in [9.17, 15) is 13.6 Å². The molecule has 0 unspecified atom stereocenters. The van der Waals surface area contributed by atoms with Crippen LogP contribution in [0.5, 0.6) is 0 Å². The van der Waals surface area contributed by atoms with Crippen molar-refractivity contribution in [3.63, 3.8) is 0 Å². The van der Waals surface area contributed by atoms with Crippen LogP contribution in [0.1, 0.15) is 86.2 Å². The minimum Gasteiger partial charge on any atom is -0.292 e. The third-order valence-electron chi connectivity index (χ3n) is 8.90. The lowest BCUT2D eigenvalue weighted by Crippen LogP contribution is -2.38. The quantitative estimate of drug-likeness (QED) is 0.422. The molecule has 2 atom stereocenters. The van der Waals surface area contributed by atoms with Gasteiger partial charge in [-0.3, -0.25) is 9.78 Å². The Morgan fingerprint density at radius 2 is 1.86 bits per heavy atom. The number of halogens is 2. The number of fused-ring (bicyclic) bond motifs is 5. The van der Waals surface area contributed by atoms with Crippen molar-refractivity contribution in [2.75, 3.05) is 0 Å². The van der Waals surface area contributed by atoms with Crippen LogP contribution < -0.4 is 0 Å². The predicted octanol–water partition coefficient (Wildman–Crippen LogP) is 6.03. The van der Waals surface area contributed by atoms with Crippen LogP contribution in [-0.2, 0) is 5.41 Å². The molecule has 0 amide bonds. The Hall–Kier alpha value is -3.09. The number of carbonyl (C=O) groups excluding carboxylic acids is 1. The monoisotopic (exact) mass is 474 g/mol. The van der Waals surface area contributed by atoms with Gasteiger partial charge in [0.1, 0.15) is 17.3 Å². The van der Waals surface area contributed by atoms with Gasteiger partial charge in [-0.05, 0) is 72.6 Å². The molecule has 2 saturated carbocycles. The second-order valence-corrected chi connectivity index (χ2v) is 11.2. The van der Waals surface area contributed by atoms with Gasteiger partial charge in [0.2, 0.25) is 0 Å². The first-order valence-corrected chi connectivity index (χ1v) is 12.4. The summed E-state index contributed by atoms with van der Waals surface area (Å²) in [5.74, 6) is -0.0159. The maximum atomic E-state index is 14.5. The highest BCUT2D eigenvalue weighted by Crippen LogP contribution is 2.69. The first kappa shape index (κ1) is 22.4. The van der Waals surface area contributed by atoms with Crippen LogP contribution in [0.2, 0.25) is 0 Å². The van der Waals surface area contributed by atoms with E-state index >= 15 is 0 Å². The standard InChI is InChI=1S/C28H28F2N4O/c1-15-9-16(10-15)11-23(35)22-13-31-14-24(32-22)28-8-7-18(27(28,2)3)17-12-21(33-34-26(17)28)25-19(29)5-4-6-20(25)30/h4-6,12-16,18H,7-11H2,1-3H3/t15?,16?,18-,28-/m0/s1. The van der Waals surface area contributed by atoms with E-state index in [1.807, 2.05) is 0 Å². The second kappa shape index (κ2) is 7.70. The number of hydrogen-bond acceptors (Lipinski definition) is 5. The van der Waals surface area contributed by atoms with Crippen LogP contribution >= 0.6 is 0 Å². The van der Waals surface area contributed by atoms with Crippen molar-refractivity contribution in [3.05, 3.63) is 70.9 Å². The number of carbonyl (C=O) groups is 1. The average Bonchev–Trinajstić information content (AvgIpc) is 3.19. The maximum Gasteiger partial charge on any atom is 0.183 e. The fraction of sp³-hybridized carbons (Fsp3) is 0.464. The predicted molar refractivity (Wildman–Crippen MR) is 127 cm³/mol. The summed E-state index contributed by atoms with van der Waals surface area (Å²) in [5.41, 5.74) is 2.09. The van der Waals surface area contributed by atoms with E-state index in [1.54, 1.807) is 18.5 Å². The van der Waals surface area contributed by atoms with Crippen LogP contribution in [0.15, 0.2) is 36.7 Å². The number of benzene rings is 1. The van der Waals surface area contributed by atoms with E-state index in [0.29, 0.717) is 24.0 Å². The van der Waals surface area contributed by atoms with Crippen LogP contribution in [0, 0.1) is 28.9 Å². The van der Waals surface area contributed by atoms with E-state index in [1.165, 1.54) is 18.2 Å². The van der Waals surface area contributed by atoms with Gasteiger partial charge in [-0.1, -0.05) is 26.8 Å². The molecule has 3 aromatic rings. The Kier molecular flexibility index (Phi) is 4.93. The molecule has 0 spiro atoms. The highest BCUT2D eigenvalue weighted by Gasteiger charge is 2.65. The Labute approximate surface area is 203 Å². The van der Waals surface area contributed by atoms with Gasteiger partial charge in [-0.15, -0.1) is 5.10 Å². The molecule has 3 aliphatic carbocycles. The summed E-state index contributed by atoms with van der Waals surface area (Å²) in [6.45, 7) is 6.58. The van der Waals surface area contributed by atoms with E-state index in [2.05, 4.69) is 36.0 Å². The van der Waals surface area contributed by atoms with Crippen molar-refractivity contribution in [1.29, 1.82) is 0 Å². The smallest absolute Gasteiger partial charge is 0.183 e. The largest absolute Gasteiger partial charge is 0.292 e. The fourth-order valence-electron chi connectivity index (χ4n) is 7.07. The molecule has 180 valence electrons. The molecule has 0 aliphatic heterocycles. The number of Topliss-reactive ketones (excluding diaryl/α,β-unsaturated/α-hetero) is 1. The summed E-state index contributed by atoms with van der Waals surface area (Å²) in [6.07, 6.45) is 7.70. The van der Waals surface area contributed by atoms with Crippen molar-refractivity contribution in [2.24, 2.45) is 17.3 Å². The number of nitrogens with zero attached hydrogens (tertiary/aromatic N) is 4. The molecule has 5 nitrogen and oxygen atoms in total. The highest BCUT2D eigenvalue weighted by molar-refractivity contribution is 5.94. The van der Waals surface area contributed by atoms with E-state index in [4.69, 9.17) is 4.98 Å². The normalized spacial score (nSPS) is 28.0.